The third-order valence-electron chi connectivity index (χ3n) is 15.3. The van der Waals surface area contributed by atoms with E-state index in [0.717, 1.165) is 44.3 Å². The van der Waals surface area contributed by atoms with Crippen LogP contribution in [0.15, 0.2) is 36.5 Å². The maximum atomic E-state index is 15.3. The first-order valence-electron chi connectivity index (χ1n) is 23.4. The number of aromatic nitrogens is 2. The molecule has 352 valence electrons. The zero-order valence-electron chi connectivity index (χ0n) is 37.8. The number of carbonyl (C=O) groups excluding carboxylic acids is 5. The average molecular weight is 912 g/mol. The SMILES string of the molecule is CC[C@@H]1C(=O)N(C)c2cnc(Nc3ccc(C(=O)NC4(CCO)CCC5(CC4)CN(C(=O)[C@@H]4CCN(c6cc(F)c(C7CCC(=O)NC7=O)c(F)c6)C4)C5)cc3OC)nc2N1C1CCCC1. The summed E-state index contributed by atoms with van der Waals surface area (Å²) in [7, 11) is 3.29. The predicted molar refractivity (Wildman–Crippen MR) is 242 cm³/mol. The van der Waals surface area contributed by atoms with Crippen molar-refractivity contribution in [3.8, 4) is 5.75 Å². The Morgan fingerprint density at radius 2 is 1.73 bits per heavy atom. The number of fused-ring (bicyclic) bond motifs is 1. The summed E-state index contributed by atoms with van der Waals surface area (Å²) in [6.07, 6.45) is 10.3. The fourth-order valence-electron chi connectivity index (χ4n) is 11.5. The van der Waals surface area contributed by atoms with Gasteiger partial charge >= 0.3 is 0 Å². The highest BCUT2D eigenvalue weighted by molar-refractivity contribution is 6.04. The number of aliphatic hydroxyl groups excluding tert-OH is 1. The average Bonchev–Trinajstić information content (AvgIpc) is 4.02. The largest absolute Gasteiger partial charge is 0.495 e. The summed E-state index contributed by atoms with van der Waals surface area (Å²) in [5.74, 6) is -3.05. The number of hydrogen-bond acceptors (Lipinski definition) is 12. The van der Waals surface area contributed by atoms with Crippen LogP contribution < -0.4 is 35.4 Å². The zero-order valence-corrected chi connectivity index (χ0v) is 37.8. The molecule has 5 amide bonds. The van der Waals surface area contributed by atoms with Gasteiger partial charge in [-0.15, -0.1) is 0 Å². The van der Waals surface area contributed by atoms with Gasteiger partial charge in [0.05, 0.1) is 30.8 Å². The van der Waals surface area contributed by atoms with Gasteiger partial charge in [-0.25, -0.2) is 13.8 Å². The van der Waals surface area contributed by atoms with Crippen molar-refractivity contribution in [2.75, 3.05) is 67.0 Å². The number of hydrogen-bond donors (Lipinski definition) is 4. The van der Waals surface area contributed by atoms with Crippen molar-refractivity contribution >= 4 is 58.4 Å². The fourth-order valence-corrected chi connectivity index (χ4v) is 11.5. The van der Waals surface area contributed by atoms with Gasteiger partial charge in [-0.1, -0.05) is 19.8 Å². The molecule has 4 aliphatic heterocycles. The molecule has 18 heteroatoms. The van der Waals surface area contributed by atoms with Crippen molar-refractivity contribution in [3.05, 3.63) is 59.3 Å². The van der Waals surface area contributed by atoms with Crippen LogP contribution >= 0.6 is 0 Å². The molecule has 2 aliphatic carbocycles. The van der Waals surface area contributed by atoms with E-state index in [0.29, 0.717) is 92.6 Å². The van der Waals surface area contributed by atoms with Gasteiger partial charge in [-0.2, -0.15) is 4.98 Å². The molecule has 9 rings (SSSR count). The number of benzene rings is 2. The topological polar surface area (TPSA) is 190 Å². The molecule has 1 unspecified atom stereocenters. The van der Waals surface area contributed by atoms with E-state index in [4.69, 9.17) is 9.72 Å². The Kier molecular flexibility index (Phi) is 12.4. The number of methoxy groups -OCH3 is 1. The maximum absolute atomic E-state index is 15.3. The number of aliphatic hydroxyl groups is 1. The lowest BCUT2D eigenvalue weighted by atomic mass is 9.62. The molecule has 3 atom stereocenters. The van der Waals surface area contributed by atoms with E-state index >= 15 is 8.78 Å². The summed E-state index contributed by atoms with van der Waals surface area (Å²) in [4.78, 5) is 81.9. The molecule has 3 aromatic rings. The smallest absolute Gasteiger partial charge is 0.251 e. The second-order valence-corrected chi connectivity index (χ2v) is 19.3. The minimum atomic E-state index is -1.08. The van der Waals surface area contributed by atoms with Crippen molar-refractivity contribution in [2.45, 2.75) is 114 Å². The van der Waals surface area contributed by atoms with Crippen LogP contribution in [0.5, 0.6) is 5.75 Å². The molecule has 1 spiro atoms. The molecule has 66 heavy (non-hydrogen) atoms. The van der Waals surface area contributed by atoms with E-state index in [-0.39, 0.29) is 66.2 Å². The fraction of sp³-hybridized carbons (Fsp3) is 0.562. The quantitative estimate of drug-likeness (QED) is 0.172. The predicted octanol–water partition coefficient (Wildman–Crippen LogP) is 5.31. The van der Waals surface area contributed by atoms with Gasteiger partial charge in [0, 0.05) is 80.1 Å². The molecule has 6 aliphatic rings. The van der Waals surface area contributed by atoms with Gasteiger partial charge in [-0.3, -0.25) is 29.3 Å². The van der Waals surface area contributed by atoms with Crippen molar-refractivity contribution in [1.29, 1.82) is 0 Å². The normalized spacial score (nSPS) is 23.7. The number of likely N-dealkylation sites (N-methyl/N-ethyl adjacent to an activating group) is 1. The summed E-state index contributed by atoms with van der Waals surface area (Å²) in [6.45, 7) is 3.86. The minimum absolute atomic E-state index is 0.00816. The number of amides is 5. The first kappa shape index (κ1) is 45.3. The highest BCUT2D eigenvalue weighted by Gasteiger charge is 2.52. The van der Waals surface area contributed by atoms with E-state index in [1.54, 1.807) is 41.2 Å². The lowest BCUT2D eigenvalue weighted by molar-refractivity contribution is -0.150. The molecule has 2 saturated carbocycles. The van der Waals surface area contributed by atoms with E-state index in [2.05, 4.69) is 25.8 Å². The highest BCUT2D eigenvalue weighted by atomic mass is 19.1. The Hall–Kier alpha value is -5.91. The van der Waals surface area contributed by atoms with Gasteiger partial charge in [0.2, 0.25) is 29.6 Å². The van der Waals surface area contributed by atoms with Crippen LogP contribution in [0.2, 0.25) is 0 Å². The van der Waals surface area contributed by atoms with E-state index in [1.165, 1.54) is 19.2 Å². The number of rotatable bonds is 12. The monoisotopic (exact) mass is 911 g/mol. The van der Waals surface area contributed by atoms with Crippen LogP contribution in [0.1, 0.15) is 112 Å². The van der Waals surface area contributed by atoms with Crippen LogP contribution in [0.25, 0.3) is 0 Å². The van der Waals surface area contributed by atoms with Crippen LogP contribution in [-0.4, -0.2) is 114 Å². The molecule has 0 radical (unpaired) electrons. The van der Waals surface area contributed by atoms with Crippen molar-refractivity contribution < 1.29 is 42.6 Å². The second kappa shape index (κ2) is 18.1. The molecule has 5 heterocycles. The van der Waals surface area contributed by atoms with Gasteiger partial charge in [0.15, 0.2) is 5.82 Å². The zero-order chi connectivity index (χ0) is 46.5. The molecule has 2 aromatic carbocycles. The number of piperidine rings is 1. The lowest BCUT2D eigenvalue weighted by Crippen LogP contribution is -2.64. The Bertz CT molecular complexity index is 2390. The summed E-state index contributed by atoms with van der Waals surface area (Å²) in [5.41, 5.74) is 0.854. The van der Waals surface area contributed by atoms with Gasteiger partial charge in [-0.05, 0) is 94.5 Å². The molecule has 4 N–H and O–H groups in total. The Morgan fingerprint density at radius 1 is 1.00 bits per heavy atom. The molecule has 0 bridgehead atoms. The summed E-state index contributed by atoms with van der Waals surface area (Å²) in [5, 5.41) is 18.9. The van der Waals surface area contributed by atoms with E-state index in [9.17, 15) is 29.1 Å². The van der Waals surface area contributed by atoms with Crippen LogP contribution in [0.3, 0.4) is 0 Å². The van der Waals surface area contributed by atoms with Gasteiger partial charge in [0.25, 0.3) is 5.91 Å². The number of carbonyl (C=O) groups is 5. The Labute approximate surface area is 382 Å². The van der Waals surface area contributed by atoms with Crippen molar-refractivity contribution in [2.24, 2.45) is 11.3 Å². The van der Waals surface area contributed by atoms with Crippen LogP contribution in [0.4, 0.5) is 37.6 Å². The molecule has 1 aromatic heterocycles. The molecule has 3 saturated heterocycles. The summed E-state index contributed by atoms with van der Waals surface area (Å²) < 4.78 is 36.3. The van der Waals surface area contributed by atoms with E-state index < -0.39 is 34.9 Å². The number of ether oxygens (including phenoxy) is 1. The number of likely N-dealkylation sites (tertiary alicyclic amines) is 1. The van der Waals surface area contributed by atoms with E-state index in [1.807, 2.05) is 11.8 Å². The lowest BCUT2D eigenvalue weighted by Gasteiger charge is -2.56. The first-order chi connectivity index (χ1) is 31.7. The van der Waals surface area contributed by atoms with Crippen LogP contribution in [-0.2, 0) is 19.2 Å². The summed E-state index contributed by atoms with van der Waals surface area (Å²) in [6, 6.07) is 7.47. The standard InChI is InChI=1S/C48H59F2N9O7/c1-4-36-45(65)56(2)37-24-51-46(54-41(37)59(36)30-7-5-6-8-30)52-35-11-9-28(21-38(35)66-3)42(62)55-48(18-20-60)16-14-47(15-17-48)26-58(27-47)44(64)29-13-19-57(25-29)31-22-33(49)40(34(50)23-31)32-10-12-39(61)53-43(32)63/h9,11,21-24,29-30,32,36,60H,4-8,10,12-20,25-27H2,1-3H3,(H,55,62)(H,51,52,54)(H,53,61,63)/t29-,32?,36-/m1/s1. The Balaban J connectivity index is 0.803. The Morgan fingerprint density at radius 3 is 2.39 bits per heavy atom. The van der Waals surface area contributed by atoms with Crippen molar-refractivity contribution in [3.63, 3.8) is 0 Å². The number of halogens is 2. The second-order valence-electron chi connectivity index (χ2n) is 19.3. The molecular weight excluding hydrogens is 853 g/mol. The minimum Gasteiger partial charge on any atom is -0.495 e. The number of nitrogens with one attached hydrogen (secondary N) is 3. The third kappa shape index (κ3) is 8.40. The highest BCUT2D eigenvalue weighted by Crippen LogP contribution is 2.49. The third-order valence-corrected chi connectivity index (χ3v) is 15.3. The van der Waals surface area contributed by atoms with Gasteiger partial charge in [0.1, 0.15) is 29.1 Å². The van der Waals surface area contributed by atoms with Crippen LogP contribution in [0, 0.1) is 23.0 Å². The number of nitrogens with zero attached hydrogens (tertiary/aromatic N) is 6. The molecule has 16 nitrogen and oxygen atoms in total. The van der Waals surface area contributed by atoms with Gasteiger partial charge < -0.3 is 40.1 Å². The maximum Gasteiger partial charge on any atom is 0.251 e. The number of anilines is 5. The molecule has 5 fully saturated rings. The van der Waals surface area contributed by atoms with Crippen molar-refractivity contribution in [1.82, 2.24) is 25.5 Å². The first-order valence-corrected chi connectivity index (χ1v) is 23.4. The summed E-state index contributed by atoms with van der Waals surface area (Å²) >= 11 is 0. The molecular formula is C48H59F2N9O7. The number of imide groups is 1.